The first-order valence-corrected chi connectivity index (χ1v) is 5.55. The number of aliphatic carboxylic acids is 1. The Morgan fingerprint density at radius 3 is 2.84 bits per heavy atom. The molecule has 0 bridgehead atoms. The largest absolute Gasteiger partial charge is 0.489 e. The molecule has 100 valence electrons. The van der Waals surface area contributed by atoms with E-state index in [4.69, 9.17) is 21.4 Å². The third-order valence-electron chi connectivity index (χ3n) is 2.03. The van der Waals surface area contributed by atoms with E-state index in [0.29, 0.717) is 11.3 Å². The van der Waals surface area contributed by atoms with Crippen LogP contribution in [0.15, 0.2) is 35.9 Å². The number of carboxylic acids is 1. The van der Waals surface area contributed by atoms with Crippen LogP contribution in [0.5, 0.6) is 5.75 Å². The molecule has 0 saturated heterocycles. The molecule has 0 heterocycles. The summed E-state index contributed by atoms with van der Waals surface area (Å²) in [4.78, 5) is 20.6. The van der Waals surface area contributed by atoms with E-state index in [9.17, 15) is 14.9 Å². The number of carboxylic acid groups (broad SMARTS) is 1. The molecule has 0 amide bonds. The molecule has 0 atom stereocenters. The van der Waals surface area contributed by atoms with Gasteiger partial charge in [0.25, 0.3) is 5.69 Å². The highest BCUT2D eigenvalue weighted by Gasteiger charge is 2.10. The summed E-state index contributed by atoms with van der Waals surface area (Å²) >= 11 is 5.34. The zero-order valence-corrected chi connectivity index (χ0v) is 10.4. The Bertz CT molecular complexity index is 539. The lowest BCUT2D eigenvalue weighted by molar-refractivity contribution is -0.384. The quantitative estimate of drug-likeness (QED) is 0.492. The van der Waals surface area contributed by atoms with Crippen LogP contribution in [0, 0.1) is 10.1 Å². The number of halogens is 1. The SMILES string of the molecule is O=C(O)/C=C/c1cc([N+](=O)[O-])ccc1OC/C=C/Cl. The van der Waals surface area contributed by atoms with E-state index in [1.807, 2.05) is 0 Å². The molecule has 19 heavy (non-hydrogen) atoms. The van der Waals surface area contributed by atoms with Crippen LogP contribution in [0.4, 0.5) is 5.69 Å². The van der Waals surface area contributed by atoms with E-state index in [-0.39, 0.29) is 12.3 Å². The van der Waals surface area contributed by atoms with Crippen molar-refractivity contribution in [2.45, 2.75) is 0 Å². The van der Waals surface area contributed by atoms with Crippen LogP contribution in [0.2, 0.25) is 0 Å². The molecule has 0 fully saturated rings. The first kappa shape index (κ1) is 14.7. The Morgan fingerprint density at radius 2 is 2.26 bits per heavy atom. The second-order valence-electron chi connectivity index (χ2n) is 3.32. The fraction of sp³-hybridized carbons (Fsp3) is 0.0833. The van der Waals surface area contributed by atoms with Crippen LogP contribution in [0.3, 0.4) is 0 Å². The maximum absolute atomic E-state index is 10.7. The Balaban J connectivity index is 3.06. The summed E-state index contributed by atoms with van der Waals surface area (Å²) in [6, 6.07) is 3.92. The topological polar surface area (TPSA) is 89.7 Å². The fourth-order valence-electron chi connectivity index (χ4n) is 1.25. The molecule has 1 rings (SSSR count). The first-order chi connectivity index (χ1) is 9.04. The van der Waals surface area contributed by atoms with Gasteiger partial charge in [-0.2, -0.15) is 0 Å². The van der Waals surface area contributed by atoms with Crippen molar-refractivity contribution in [2.75, 3.05) is 6.61 Å². The number of nitrogens with zero attached hydrogens (tertiary/aromatic N) is 1. The van der Waals surface area contributed by atoms with Gasteiger partial charge >= 0.3 is 5.97 Å². The summed E-state index contributed by atoms with van der Waals surface area (Å²) in [5.74, 6) is -0.823. The van der Waals surface area contributed by atoms with Crippen molar-refractivity contribution in [3.8, 4) is 5.75 Å². The zero-order valence-electron chi connectivity index (χ0n) is 9.65. The number of nitro groups is 1. The monoisotopic (exact) mass is 283 g/mol. The Hall–Kier alpha value is -2.34. The van der Waals surface area contributed by atoms with Crippen LogP contribution in [0.1, 0.15) is 5.56 Å². The molecular weight excluding hydrogens is 274 g/mol. The number of non-ortho nitro benzene ring substituents is 1. The number of hydrogen-bond donors (Lipinski definition) is 1. The minimum atomic E-state index is -1.15. The van der Waals surface area contributed by atoms with Crippen LogP contribution in [-0.2, 0) is 4.79 Å². The maximum atomic E-state index is 10.7. The van der Waals surface area contributed by atoms with E-state index in [2.05, 4.69) is 0 Å². The zero-order chi connectivity index (χ0) is 14.3. The number of nitro benzene ring substituents is 1. The number of rotatable bonds is 6. The van der Waals surface area contributed by atoms with Gasteiger partial charge in [-0.15, -0.1) is 0 Å². The maximum Gasteiger partial charge on any atom is 0.328 e. The van der Waals surface area contributed by atoms with E-state index < -0.39 is 10.9 Å². The molecule has 0 spiro atoms. The van der Waals surface area contributed by atoms with Gasteiger partial charge in [0.2, 0.25) is 0 Å². The van der Waals surface area contributed by atoms with Crippen LogP contribution < -0.4 is 4.74 Å². The summed E-state index contributed by atoms with van der Waals surface area (Å²) in [5, 5.41) is 19.2. The lowest BCUT2D eigenvalue weighted by atomic mass is 10.1. The van der Waals surface area contributed by atoms with Gasteiger partial charge in [-0.1, -0.05) is 11.6 Å². The molecule has 0 saturated carbocycles. The van der Waals surface area contributed by atoms with Gasteiger partial charge in [0.15, 0.2) is 0 Å². The van der Waals surface area contributed by atoms with E-state index >= 15 is 0 Å². The van der Waals surface area contributed by atoms with Crippen molar-refractivity contribution in [1.82, 2.24) is 0 Å². The summed E-state index contributed by atoms with van der Waals surface area (Å²) in [7, 11) is 0. The lowest BCUT2D eigenvalue weighted by Gasteiger charge is -2.06. The summed E-state index contributed by atoms with van der Waals surface area (Å²) in [5.41, 5.74) is 1.43. The van der Waals surface area contributed by atoms with Gasteiger partial charge in [0, 0.05) is 29.3 Å². The van der Waals surface area contributed by atoms with Gasteiger partial charge in [-0.3, -0.25) is 10.1 Å². The van der Waals surface area contributed by atoms with Crippen LogP contribution >= 0.6 is 11.6 Å². The highest BCUT2D eigenvalue weighted by Crippen LogP contribution is 2.25. The minimum Gasteiger partial charge on any atom is -0.489 e. The average molecular weight is 284 g/mol. The van der Waals surface area contributed by atoms with Crippen molar-refractivity contribution in [3.63, 3.8) is 0 Å². The molecule has 0 aliphatic carbocycles. The van der Waals surface area contributed by atoms with Gasteiger partial charge in [0.1, 0.15) is 12.4 Å². The van der Waals surface area contributed by atoms with E-state index in [1.54, 1.807) is 0 Å². The second kappa shape index (κ2) is 7.17. The molecule has 0 aliphatic heterocycles. The van der Waals surface area contributed by atoms with Crippen molar-refractivity contribution < 1.29 is 19.6 Å². The number of ether oxygens (including phenoxy) is 1. The van der Waals surface area contributed by atoms with Gasteiger partial charge < -0.3 is 9.84 Å². The van der Waals surface area contributed by atoms with Crippen LogP contribution in [-0.4, -0.2) is 22.6 Å². The second-order valence-corrected chi connectivity index (χ2v) is 3.58. The van der Waals surface area contributed by atoms with Gasteiger partial charge in [0.05, 0.1) is 4.92 Å². The Labute approximate surface area is 113 Å². The van der Waals surface area contributed by atoms with Crippen molar-refractivity contribution >= 4 is 29.3 Å². The summed E-state index contributed by atoms with van der Waals surface area (Å²) < 4.78 is 5.31. The Kier molecular flexibility index (Phi) is 5.56. The summed E-state index contributed by atoms with van der Waals surface area (Å²) in [6.07, 6.45) is 3.64. The van der Waals surface area contributed by atoms with Crippen molar-refractivity contribution in [1.29, 1.82) is 0 Å². The molecule has 6 nitrogen and oxygen atoms in total. The lowest BCUT2D eigenvalue weighted by Crippen LogP contribution is -1.97. The summed E-state index contributed by atoms with van der Waals surface area (Å²) in [6.45, 7) is 0.176. The molecule has 0 radical (unpaired) electrons. The van der Waals surface area contributed by atoms with Gasteiger partial charge in [-0.25, -0.2) is 4.79 Å². The Morgan fingerprint density at radius 1 is 1.53 bits per heavy atom. The first-order valence-electron chi connectivity index (χ1n) is 5.12. The van der Waals surface area contributed by atoms with Gasteiger partial charge in [-0.05, 0) is 18.2 Å². The number of hydrogen-bond acceptors (Lipinski definition) is 4. The molecule has 1 N–H and O–H groups in total. The van der Waals surface area contributed by atoms with E-state index in [0.717, 1.165) is 6.08 Å². The minimum absolute atomic E-state index is 0.148. The molecule has 7 heteroatoms. The predicted molar refractivity (Wildman–Crippen MR) is 70.3 cm³/mol. The number of benzene rings is 1. The van der Waals surface area contributed by atoms with Crippen molar-refractivity contribution in [2.24, 2.45) is 0 Å². The molecule has 0 unspecified atom stereocenters. The molecular formula is C12H10ClNO5. The molecule has 0 aliphatic rings. The smallest absolute Gasteiger partial charge is 0.328 e. The van der Waals surface area contributed by atoms with E-state index in [1.165, 1.54) is 35.9 Å². The third kappa shape index (κ3) is 4.81. The fourth-order valence-corrected chi connectivity index (χ4v) is 1.32. The third-order valence-corrected chi connectivity index (χ3v) is 2.21. The standard InChI is InChI=1S/C12H10ClNO5/c13-6-1-7-19-11-4-3-10(14(17)18)8-9(11)2-5-12(15)16/h1-6,8H,7H2,(H,15,16)/b5-2+,6-1+. The highest BCUT2D eigenvalue weighted by atomic mass is 35.5. The molecule has 1 aromatic rings. The predicted octanol–water partition coefficient (Wildman–Crippen LogP) is 2.82. The van der Waals surface area contributed by atoms with Crippen molar-refractivity contribution in [3.05, 3.63) is 51.6 Å². The highest BCUT2D eigenvalue weighted by molar-refractivity contribution is 6.25. The average Bonchev–Trinajstić information content (AvgIpc) is 2.37. The van der Waals surface area contributed by atoms with Crippen LogP contribution in [0.25, 0.3) is 6.08 Å². The molecule has 0 aromatic heterocycles. The normalized spacial score (nSPS) is 11.0. The molecule has 1 aromatic carbocycles. The number of carbonyl (C=O) groups is 1.